The fourth-order valence-electron chi connectivity index (χ4n) is 5.80. The zero-order valence-electron chi connectivity index (χ0n) is 22.7. The Balaban J connectivity index is 1.00. The molecule has 1 unspecified atom stereocenters. The van der Waals surface area contributed by atoms with E-state index < -0.39 is 5.97 Å². The van der Waals surface area contributed by atoms with Gasteiger partial charge in [-0.2, -0.15) is 0 Å². The number of hydrogen-bond donors (Lipinski definition) is 1. The van der Waals surface area contributed by atoms with E-state index in [0.717, 1.165) is 72.6 Å². The van der Waals surface area contributed by atoms with E-state index in [1.165, 1.54) is 0 Å². The second kappa shape index (κ2) is 10.9. The number of ether oxygens (including phenoxy) is 2. The van der Waals surface area contributed by atoms with Gasteiger partial charge in [-0.15, -0.1) is 0 Å². The van der Waals surface area contributed by atoms with Crippen LogP contribution in [0.2, 0.25) is 0 Å². The third-order valence-corrected chi connectivity index (χ3v) is 8.24. The van der Waals surface area contributed by atoms with Crippen molar-refractivity contribution in [2.75, 3.05) is 19.7 Å². The van der Waals surface area contributed by atoms with Crippen LogP contribution in [-0.2, 0) is 24.4 Å². The number of likely N-dealkylation sites (tertiary alicyclic amines) is 1. The lowest BCUT2D eigenvalue weighted by atomic mass is 9.93. The lowest BCUT2D eigenvalue weighted by Crippen LogP contribution is -2.35. The van der Waals surface area contributed by atoms with Crippen LogP contribution in [0.5, 0.6) is 5.88 Å². The summed E-state index contributed by atoms with van der Waals surface area (Å²) in [5.41, 5.74) is 5.15. The molecular weight excluding hydrogens is 520 g/mol. The van der Waals surface area contributed by atoms with Crippen molar-refractivity contribution in [1.29, 1.82) is 0 Å². The maximum absolute atomic E-state index is 11.6. The van der Waals surface area contributed by atoms with Gasteiger partial charge >= 0.3 is 5.97 Å². The molecule has 0 aliphatic carbocycles. The number of piperidine rings is 1. The highest BCUT2D eigenvalue weighted by molar-refractivity contribution is 5.92. The molecule has 1 aromatic carbocycles. The lowest BCUT2D eigenvalue weighted by molar-refractivity contribution is -0.0592. The van der Waals surface area contributed by atoms with Gasteiger partial charge in [0.25, 0.3) is 0 Å². The molecule has 1 atom stereocenters. The highest BCUT2D eigenvalue weighted by Crippen LogP contribution is 2.30. The minimum atomic E-state index is -0.928. The second-order valence-corrected chi connectivity index (χ2v) is 10.9. The van der Waals surface area contributed by atoms with Crippen LogP contribution in [0.25, 0.3) is 16.6 Å². The Labute approximate surface area is 237 Å². The molecule has 0 saturated carbocycles. The smallest absolute Gasteiger partial charge is 0.335 e. The maximum Gasteiger partial charge on any atom is 0.335 e. The Morgan fingerprint density at radius 2 is 1.95 bits per heavy atom. The Morgan fingerprint density at radius 3 is 2.76 bits per heavy atom. The summed E-state index contributed by atoms with van der Waals surface area (Å²) >= 11 is 0. The minimum absolute atomic E-state index is 0.153. The van der Waals surface area contributed by atoms with Crippen molar-refractivity contribution in [3.8, 4) is 5.88 Å². The zero-order chi connectivity index (χ0) is 27.8. The largest absolute Gasteiger partial charge is 0.478 e. The van der Waals surface area contributed by atoms with Gasteiger partial charge in [0.2, 0.25) is 5.88 Å². The van der Waals surface area contributed by atoms with Gasteiger partial charge in [-0.25, -0.2) is 19.7 Å². The number of carbonyl (C=O) groups is 1. The van der Waals surface area contributed by atoms with Gasteiger partial charge in [0.15, 0.2) is 0 Å². The molecule has 10 nitrogen and oxygen atoms in total. The zero-order valence-corrected chi connectivity index (χ0v) is 22.7. The van der Waals surface area contributed by atoms with E-state index in [2.05, 4.69) is 26.6 Å². The molecule has 41 heavy (non-hydrogen) atoms. The maximum atomic E-state index is 11.6. The summed E-state index contributed by atoms with van der Waals surface area (Å²) in [5.74, 6) is 1.05. The molecule has 0 radical (unpaired) electrons. The van der Waals surface area contributed by atoms with E-state index >= 15 is 0 Å². The van der Waals surface area contributed by atoms with Gasteiger partial charge in [0.1, 0.15) is 12.4 Å². The summed E-state index contributed by atoms with van der Waals surface area (Å²) in [4.78, 5) is 28.0. The first-order valence-electron chi connectivity index (χ1n) is 14.2. The Hall–Kier alpha value is -4.28. The van der Waals surface area contributed by atoms with Gasteiger partial charge in [0, 0.05) is 30.5 Å². The van der Waals surface area contributed by atoms with Crippen LogP contribution in [0.4, 0.5) is 0 Å². The third-order valence-electron chi connectivity index (χ3n) is 8.24. The number of imidazole rings is 2. The molecule has 1 N–H and O–H groups in total. The van der Waals surface area contributed by atoms with Crippen molar-refractivity contribution in [2.45, 2.75) is 51.0 Å². The first-order valence-corrected chi connectivity index (χ1v) is 14.2. The molecule has 2 aliphatic heterocycles. The Bertz CT molecular complexity index is 1700. The van der Waals surface area contributed by atoms with E-state index in [1.54, 1.807) is 18.5 Å². The van der Waals surface area contributed by atoms with E-state index in [0.29, 0.717) is 31.5 Å². The summed E-state index contributed by atoms with van der Waals surface area (Å²) in [6.45, 7) is 4.52. The van der Waals surface area contributed by atoms with Crippen molar-refractivity contribution >= 4 is 22.5 Å². The molecule has 0 bridgehead atoms. The number of carboxylic acid groups (broad SMARTS) is 1. The fourth-order valence-corrected chi connectivity index (χ4v) is 5.80. The molecular formula is C31H32N6O4. The second-order valence-electron chi connectivity index (χ2n) is 10.9. The normalized spacial score (nSPS) is 18.1. The van der Waals surface area contributed by atoms with E-state index in [9.17, 15) is 9.90 Å². The third kappa shape index (κ3) is 5.40. The molecule has 7 rings (SSSR count). The number of pyridine rings is 2. The number of nitrogens with zero attached hydrogens (tertiary/aromatic N) is 6. The average molecular weight is 553 g/mol. The highest BCUT2D eigenvalue weighted by Gasteiger charge is 2.26. The van der Waals surface area contributed by atoms with Crippen molar-refractivity contribution in [3.63, 3.8) is 0 Å². The standard InChI is InChI=1S/C31H32N6O4/c38-31(39)23-4-5-27-28(15-23)37(17-25-9-13-40-25)29(33-27)18-35-10-7-22(8-11-35)26-2-1-3-30(34-26)41-19-21-6-12-36-20-32-16-24(36)14-21/h1-6,12,14-16,20,22,25H,7-11,13,17-19H2,(H,38,39). The SMILES string of the molecule is O=C(O)c1ccc2nc(CN3CCC(c4cccc(OCc5ccn6cncc6c5)n4)CC3)n(CC3CCO3)c2c1. The average Bonchev–Trinajstić information content (AvgIpc) is 3.57. The van der Waals surface area contributed by atoms with Crippen LogP contribution in [-0.4, -0.2) is 65.7 Å². The summed E-state index contributed by atoms with van der Waals surface area (Å²) in [5, 5.41) is 9.51. The predicted molar refractivity (Wildman–Crippen MR) is 152 cm³/mol. The number of fused-ring (bicyclic) bond motifs is 2. The first kappa shape index (κ1) is 25.7. The van der Waals surface area contributed by atoms with Crippen LogP contribution in [0.15, 0.2) is 67.3 Å². The van der Waals surface area contributed by atoms with E-state index in [4.69, 9.17) is 19.4 Å². The Morgan fingerprint density at radius 1 is 1.07 bits per heavy atom. The fraction of sp³-hybridized carbons (Fsp3) is 0.355. The number of carboxylic acids is 1. The van der Waals surface area contributed by atoms with Crippen molar-refractivity contribution in [1.82, 2.24) is 28.8 Å². The van der Waals surface area contributed by atoms with Gasteiger partial charge in [-0.05, 0) is 74.3 Å². The minimum Gasteiger partial charge on any atom is -0.478 e. The molecule has 2 fully saturated rings. The molecule has 5 aromatic rings. The van der Waals surface area contributed by atoms with E-state index in [-0.39, 0.29) is 11.7 Å². The quantitative estimate of drug-likeness (QED) is 0.284. The van der Waals surface area contributed by atoms with Crippen molar-refractivity contribution in [2.24, 2.45) is 0 Å². The van der Waals surface area contributed by atoms with Crippen molar-refractivity contribution in [3.05, 3.63) is 89.9 Å². The van der Waals surface area contributed by atoms with Crippen LogP contribution in [0.1, 0.15) is 52.6 Å². The van der Waals surface area contributed by atoms with Gasteiger partial charge in [-0.1, -0.05) is 6.07 Å². The Kier molecular flexibility index (Phi) is 6.85. The molecule has 0 amide bonds. The molecule has 2 saturated heterocycles. The van der Waals surface area contributed by atoms with Gasteiger partial charge in [0.05, 0.1) is 53.8 Å². The molecule has 0 spiro atoms. The van der Waals surface area contributed by atoms with Gasteiger partial charge in [-0.3, -0.25) is 4.90 Å². The molecule has 10 heteroatoms. The molecule has 6 heterocycles. The number of benzene rings is 1. The summed E-state index contributed by atoms with van der Waals surface area (Å²) in [6.07, 6.45) is 8.78. The van der Waals surface area contributed by atoms with Crippen LogP contribution in [0.3, 0.4) is 0 Å². The van der Waals surface area contributed by atoms with Gasteiger partial charge < -0.3 is 23.5 Å². The van der Waals surface area contributed by atoms with Crippen LogP contribution in [0, 0.1) is 0 Å². The van der Waals surface area contributed by atoms with Crippen LogP contribution < -0.4 is 4.74 Å². The summed E-state index contributed by atoms with van der Waals surface area (Å²) in [6, 6.07) is 15.3. The number of aromatic nitrogens is 5. The number of rotatable bonds is 9. The topological polar surface area (TPSA) is 107 Å². The molecule has 210 valence electrons. The monoisotopic (exact) mass is 552 g/mol. The first-order chi connectivity index (χ1) is 20.1. The molecule has 2 aliphatic rings. The number of aromatic carboxylic acids is 1. The van der Waals surface area contributed by atoms with Crippen LogP contribution >= 0.6 is 0 Å². The van der Waals surface area contributed by atoms with E-state index in [1.807, 2.05) is 41.1 Å². The lowest BCUT2D eigenvalue weighted by Gasteiger charge is -2.32. The highest BCUT2D eigenvalue weighted by atomic mass is 16.5. The number of hydrogen-bond acceptors (Lipinski definition) is 7. The predicted octanol–water partition coefficient (Wildman–Crippen LogP) is 4.52. The molecule has 4 aromatic heterocycles. The van der Waals surface area contributed by atoms with Crippen molar-refractivity contribution < 1.29 is 19.4 Å². The summed E-state index contributed by atoms with van der Waals surface area (Å²) in [7, 11) is 0. The summed E-state index contributed by atoms with van der Waals surface area (Å²) < 4.78 is 15.9.